The van der Waals surface area contributed by atoms with Gasteiger partial charge in [0.15, 0.2) is 0 Å². The van der Waals surface area contributed by atoms with E-state index in [-0.39, 0.29) is 23.9 Å². The second kappa shape index (κ2) is 6.96. The molecule has 0 spiro atoms. The van der Waals surface area contributed by atoms with Gasteiger partial charge in [-0.15, -0.1) is 0 Å². The predicted molar refractivity (Wildman–Crippen MR) is 104 cm³/mol. The van der Waals surface area contributed by atoms with Crippen molar-refractivity contribution in [1.29, 1.82) is 0 Å². The smallest absolute Gasteiger partial charge is 0.325 e. The summed E-state index contributed by atoms with van der Waals surface area (Å²) >= 11 is 0. The van der Waals surface area contributed by atoms with E-state index in [0.29, 0.717) is 18.7 Å². The molecule has 2 saturated heterocycles. The summed E-state index contributed by atoms with van der Waals surface area (Å²) in [5.41, 5.74) is 0.479. The number of rotatable bonds is 3. The minimum Gasteiger partial charge on any atom is -0.340 e. The molecule has 3 aliphatic heterocycles. The maximum atomic E-state index is 12.9. The highest BCUT2D eigenvalue weighted by atomic mass is 16.2. The van der Waals surface area contributed by atoms with Crippen molar-refractivity contribution < 1.29 is 14.4 Å². The van der Waals surface area contributed by atoms with Gasteiger partial charge in [0.05, 0.1) is 0 Å². The van der Waals surface area contributed by atoms with Gasteiger partial charge in [0, 0.05) is 43.2 Å². The minimum absolute atomic E-state index is 0.0554. The number of aromatic nitrogens is 2. The van der Waals surface area contributed by atoms with Gasteiger partial charge < -0.3 is 14.8 Å². The zero-order chi connectivity index (χ0) is 20.9. The SMILES string of the molecule is Cc1c([C@@H]2CCCN(C(=O)CN3C(=O)NC(C)(C)C3=O)C2)n2c(nc1=O)CCC2. The lowest BCUT2D eigenvalue weighted by Crippen LogP contribution is -2.47. The van der Waals surface area contributed by atoms with Gasteiger partial charge in [0.25, 0.3) is 11.5 Å². The summed E-state index contributed by atoms with van der Waals surface area (Å²) in [6.07, 6.45) is 3.48. The van der Waals surface area contributed by atoms with Gasteiger partial charge in [0.1, 0.15) is 17.9 Å². The lowest BCUT2D eigenvalue weighted by atomic mass is 9.91. The number of carbonyl (C=O) groups is 3. The molecule has 1 aromatic heterocycles. The largest absolute Gasteiger partial charge is 0.340 e. The van der Waals surface area contributed by atoms with Crippen molar-refractivity contribution >= 4 is 17.8 Å². The topological polar surface area (TPSA) is 105 Å². The fourth-order valence-corrected chi connectivity index (χ4v) is 4.70. The monoisotopic (exact) mass is 401 g/mol. The Labute approximate surface area is 169 Å². The standard InChI is InChI=1S/C20H27N5O4/c1-12-16(24-9-5-7-14(24)21-17(12)27)13-6-4-8-23(10-13)15(26)11-25-18(28)20(2,3)22-19(25)29/h13H,4-11H2,1-3H3,(H,22,29)/t13-/m1/s1. The third kappa shape index (κ3) is 3.32. The van der Waals surface area contributed by atoms with E-state index >= 15 is 0 Å². The molecule has 156 valence electrons. The number of fused-ring (bicyclic) bond motifs is 1. The number of hydrogen-bond donors (Lipinski definition) is 1. The molecule has 29 heavy (non-hydrogen) atoms. The first-order valence-corrected chi connectivity index (χ1v) is 10.2. The number of urea groups is 1. The molecular weight excluding hydrogens is 374 g/mol. The van der Waals surface area contributed by atoms with E-state index in [1.54, 1.807) is 18.7 Å². The maximum Gasteiger partial charge on any atom is 0.325 e. The van der Waals surface area contributed by atoms with Gasteiger partial charge in [-0.25, -0.2) is 4.79 Å². The molecule has 0 aliphatic carbocycles. The molecule has 0 bridgehead atoms. The Morgan fingerprint density at radius 1 is 1.21 bits per heavy atom. The van der Waals surface area contributed by atoms with E-state index in [9.17, 15) is 19.2 Å². The van der Waals surface area contributed by atoms with E-state index in [0.717, 1.165) is 48.6 Å². The zero-order valence-electron chi connectivity index (χ0n) is 17.2. The summed E-state index contributed by atoms with van der Waals surface area (Å²) in [5.74, 6) is 0.255. The van der Waals surface area contributed by atoms with Crippen LogP contribution in [0.5, 0.6) is 0 Å². The third-order valence-corrected chi connectivity index (χ3v) is 6.22. The van der Waals surface area contributed by atoms with Crippen LogP contribution in [0.2, 0.25) is 0 Å². The minimum atomic E-state index is -0.988. The molecule has 1 N–H and O–H groups in total. The Morgan fingerprint density at radius 2 is 1.97 bits per heavy atom. The fraction of sp³-hybridized carbons (Fsp3) is 0.650. The molecule has 4 amide bonds. The Bertz CT molecular complexity index is 951. The number of piperidine rings is 1. The second-order valence-electron chi connectivity index (χ2n) is 8.72. The quantitative estimate of drug-likeness (QED) is 0.744. The van der Waals surface area contributed by atoms with Gasteiger partial charge in [0.2, 0.25) is 5.91 Å². The van der Waals surface area contributed by atoms with Crippen LogP contribution in [0, 0.1) is 6.92 Å². The fourth-order valence-electron chi connectivity index (χ4n) is 4.70. The summed E-state index contributed by atoms with van der Waals surface area (Å²) in [5, 5.41) is 2.60. The number of aryl methyl sites for hydroxylation is 1. The van der Waals surface area contributed by atoms with E-state index in [1.807, 2.05) is 6.92 Å². The molecule has 2 fully saturated rings. The third-order valence-electron chi connectivity index (χ3n) is 6.22. The molecule has 0 unspecified atom stereocenters. The Kier molecular flexibility index (Phi) is 4.71. The van der Waals surface area contributed by atoms with Crippen LogP contribution in [-0.4, -0.2) is 62.4 Å². The Balaban J connectivity index is 1.53. The molecule has 9 nitrogen and oxygen atoms in total. The molecular formula is C20H27N5O4. The molecule has 0 aromatic carbocycles. The van der Waals surface area contributed by atoms with Gasteiger partial charge >= 0.3 is 6.03 Å². The molecule has 1 atom stereocenters. The number of carbonyl (C=O) groups excluding carboxylic acids is 3. The van der Waals surface area contributed by atoms with Gasteiger partial charge in [-0.1, -0.05) is 0 Å². The molecule has 9 heteroatoms. The molecule has 4 heterocycles. The lowest BCUT2D eigenvalue weighted by molar-refractivity contribution is -0.139. The van der Waals surface area contributed by atoms with Crippen molar-refractivity contribution in [2.24, 2.45) is 0 Å². The van der Waals surface area contributed by atoms with Crippen LogP contribution in [0.4, 0.5) is 4.79 Å². The summed E-state index contributed by atoms with van der Waals surface area (Å²) in [4.78, 5) is 56.6. The van der Waals surface area contributed by atoms with Crippen molar-refractivity contribution in [3.8, 4) is 0 Å². The van der Waals surface area contributed by atoms with Crippen molar-refractivity contribution in [2.45, 2.75) is 64.5 Å². The van der Waals surface area contributed by atoms with Crippen LogP contribution in [0.1, 0.15) is 56.1 Å². The van der Waals surface area contributed by atoms with E-state index in [2.05, 4.69) is 14.9 Å². The van der Waals surface area contributed by atoms with Gasteiger partial charge in [-0.05, 0) is 40.0 Å². The average Bonchev–Trinajstić information content (AvgIpc) is 3.20. The van der Waals surface area contributed by atoms with Crippen molar-refractivity contribution in [1.82, 2.24) is 24.7 Å². The number of likely N-dealkylation sites (tertiary alicyclic amines) is 1. The number of imide groups is 1. The molecule has 3 aliphatic rings. The highest BCUT2D eigenvalue weighted by Gasteiger charge is 2.45. The van der Waals surface area contributed by atoms with Crippen LogP contribution in [0.15, 0.2) is 4.79 Å². The van der Waals surface area contributed by atoms with Crippen LogP contribution < -0.4 is 10.9 Å². The lowest BCUT2D eigenvalue weighted by Gasteiger charge is -2.35. The van der Waals surface area contributed by atoms with Crippen LogP contribution >= 0.6 is 0 Å². The van der Waals surface area contributed by atoms with Gasteiger partial charge in [-0.3, -0.25) is 19.3 Å². The first-order chi connectivity index (χ1) is 13.7. The van der Waals surface area contributed by atoms with Crippen LogP contribution in [0.25, 0.3) is 0 Å². The summed E-state index contributed by atoms with van der Waals surface area (Å²) in [6.45, 7) is 6.72. The number of nitrogens with one attached hydrogen (secondary N) is 1. The Hall–Kier alpha value is -2.71. The molecule has 0 radical (unpaired) electrons. The first kappa shape index (κ1) is 19.6. The molecule has 0 saturated carbocycles. The highest BCUT2D eigenvalue weighted by molar-refractivity contribution is 6.08. The van der Waals surface area contributed by atoms with Crippen molar-refractivity contribution in [3.05, 3.63) is 27.4 Å². The van der Waals surface area contributed by atoms with Crippen LogP contribution in [-0.2, 0) is 22.6 Å². The first-order valence-electron chi connectivity index (χ1n) is 10.2. The highest BCUT2D eigenvalue weighted by Crippen LogP contribution is 2.31. The number of amides is 4. The van der Waals surface area contributed by atoms with E-state index in [1.165, 1.54) is 0 Å². The number of hydrogen-bond acceptors (Lipinski definition) is 5. The number of nitrogens with zero attached hydrogens (tertiary/aromatic N) is 4. The maximum absolute atomic E-state index is 12.9. The van der Waals surface area contributed by atoms with E-state index in [4.69, 9.17) is 0 Å². The normalized spacial score (nSPS) is 23.3. The Morgan fingerprint density at radius 3 is 2.66 bits per heavy atom. The summed E-state index contributed by atoms with van der Waals surface area (Å²) in [6, 6.07) is -0.531. The van der Waals surface area contributed by atoms with E-state index < -0.39 is 17.5 Å². The summed E-state index contributed by atoms with van der Waals surface area (Å²) in [7, 11) is 0. The second-order valence-corrected chi connectivity index (χ2v) is 8.72. The average molecular weight is 401 g/mol. The molecule has 4 rings (SSSR count). The zero-order valence-corrected chi connectivity index (χ0v) is 17.2. The van der Waals surface area contributed by atoms with Crippen molar-refractivity contribution in [3.63, 3.8) is 0 Å². The summed E-state index contributed by atoms with van der Waals surface area (Å²) < 4.78 is 2.15. The van der Waals surface area contributed by atoms with Crippen molar-refractivity contribution in [2.75, 3.05) is 19.6 Å². The van der Waals surface area contributed by atoms with Crippen LogP contribution in [0.3, 0.4) is 0 Å². The predicted octanol–water partition coefficient (Wildman–Crippen LogP) is 0.534. The van der Waals surface area contributed by atoms with Gasteiger partial charge in [-0.2, -0.15) is 4.98 Å². The molecule has 1 aromatic rings.